The maximum atomic E-state index is 12.9. The molecule has 0 amide bonds. The summed E-state index contributed by atoms with van der Waals surface area (Å²) in [7, 11) is 0. The summed E-state index contributed by atoms with van der Waals surface area (Å²) in [5.74, 6) is 0. The third kappa shape index (κ3) is 2.21. The van der Waals surface area contributed by atoms with E-state index in [1.807, 2.05) is 6.07 Å². The van der Waals surface area contributed by atoms with Gasteiger partial charge in [0.1, 0.15) is 6.07 Å². The van der Waals surface area contributed by atoms with E-state index in [-0.39, 0.29) is 17.1 Å². The molecule has 108 valence electrons. The van der Waals surface area contributed by atoms with Gasteiger partial charge < -0.3 is 10.0 Å². The summed E-state index contributed by atoms with van der Waals surface area (Å²) in [5.41, 5.74) is -2.01. The molecule has 0 saturated carbocycles. The lowest BCUT2D eigenvalue weighted by Crippen LogP contribution is -2.53. The van der Waals surface area contributed by atoms with Gasteiger partial charge in [-0.25, -0.2) is 0 Å². The molecule has 1 aromatic carbocycles. The summed E-state index contributed by atoms with van der Waals surface area (Å²) in [4.78, 5) is 1.44. The number of alkyl halides is 3. The first kappa shape index (κ1) is 14.9. The number of aliphatic hydroxyl groups is 1. The van der Waals surface area contributed by atoms with Gasteiger partial charge in [0, 0.05) is 18.7 Å². The van der Waals surface area contributed by atoms with Crippen LogP contribution in [0.25, 0.3) is 0 Å². The highest BCUT2D eigenvalue weighted by Gasteiger charge is 2.61. The highest BCUT2D eigenvalue weighted by molar-refractivity contribution is 6.32. The van der Waals surface area contributed by atoms with E-state index in [0.717, 1.165) is 0 Å². The third-order valence-electron chi connectivity index (χ3n) is 3.79. The van der Waals surface area contributed by atoms with Crippen molar-refractivity contribution in [2.45, 2.75) is 31.2 Å². The van der Waals surface area contributed by atoms with Crippen molar-refractivity contribution < 1.29 is 18.3 Å². The molecule has 1 fully saturated rings. The molecular formula is C13H12ClF3N2O. The van der Waals surface area contributed by atoms with Gasteiger partial charge in [0.2, 0.25) is 0 Å². The quantitative estimate of drug-likeness (QED) is 0.867. The van der Waals surface area contributed by atoms with Gasteiger partial charge in [0.05, 0.1) is 16.6 Å². The molecular weight excluding hydrogens is 293 g/mol. The number of benzene rings is 1. The van der Waals surface area contributed by atoms with E-state index >= 15 is 0 Å². The fourth-order valence-electron chi connectivity index (χ4n) is 2.46. The SMILES string of the molecule is C[C@@H]1N(c2ccc(C#N)c(Cl)c2)CC[C@@]1(O)C(F)(F)F. The highest BCUT2D eigenvalue weighted by atomic mass is 35.5. The zero-order chi connectivity index (χ0) is 15.1. The molecule has 0 spiro atoms. The molecule has 1 heterocycles. The first-order valence-corrected chi connectivity index (χ1v) is 6.34. The predicted molar refractivity (Wildman–Crippen MR) is 68.6 cm³/mol. The van der Waals surface area contributed by atoms with Crippen LogP contribution in [0.1, 0.15) is 18.9 Å². The Balaban J connectivity index is 2.33. The number of nitriles is 1. The van der Waals surface area contributed by atoms with Gasteiger partial charge in [-0.2, -0.15) is 18.4 Å². The van der Waals surface area contributed by atoms with Gasteiger partial charge in [-0.15, -0.1) is 0 Å². The van der Waals surface area contributed by atoms with Gasteiger partial charge in [-0.3, -0.25) is 0 Å². The molecule has 2 rings (SSSR count). The molecule has 1 N–H and O–H groups in total. The molecule has 1 aliphatic rings. The zero-order valence-electron chi connectivity index (χ0n) is 10.6. The van der Waals surface area contributed by atoms with E-state index in [4.69, 9.17) is 16.9 Å². The molecule has 0 aromatic heterocycles. The van der Waals surface area contributed by atoms with Crippen LogP contribution in [0.5, 0.6) is 0 Å². The molecule has 0 radical (unpaired) electrons. The molecule has 1 aliphatic heterocycles. The fraction of sp³-hybridized carbons (Fsp3) is 0.462. The summed E-state index contributed by atoms with van der Waals surface area (Å²) < 4.78 is 38.8. The van der Waals surface area contributed by atoms with Crippen LogP contribution in [0.2, 0.25) is 5.02 Å². The Morgan fingerprint density at radius 2 is 2.15 bits per heavy atom. The fourth-order valence-corrected chi connectivity index (χ4v) is 2.67. The molecule has 1 saturated heterocycles. The van der Waals surface area contributed by atoms with E-state index in [1.165, 1.54) is 30.0 Å². The van der Waals surface area contributed by atoms with E-state index in [9.17, 15) is 18.3 Å². The molecule has 0 aliphatic carbocycles. The molecule has 7 heteroatoms. The maximum Gasteiger partial charge on any atom is 0.419 e. The van der Waals surface area contributed by atoms with Crippen molar-refractivity contribution in [3.63, 3.8) is 0 Å². The standard InChI is InChI=1S/C13H12ClF3N2O/c1-8-12(20,13(15,16)17)4-5-19(8)10-3-2-9(7-18)11(14)6-10/h2-3,6,8,20H,4-5H2,1H3/t8-,12-/m0/s1. The molecule has 2 atom stereocenters. The summed E-state index contributed by atoms with van der Waals surface area (Å²) in [5, 5.41) is 18.8. The van der Waals surface area contributed by atoms with Crippen molar-refractivity contribution in [3.05, 3.63) is 28.8 Å². The lowest BCUT2D eigenvalue weighted by Gasteiger charge is -2.33. The van der Waals surface area contributed by atoms with E-state index in [0.29, 0.717) is 5.69 Å². The summed E-state index contributed by atoms with van der Waals surface area (Å²) >= 11 is 5.88. The van der Waals surface area contributed by atoms with Crippen LogP contribution < -0.4 is 4.90 Å². The normalized spacial score (nSPS) is 26.6. The van der Waals surface area contributed by atoms with Crippen molar-refractivity contribution in [2.75, 3.05) is 11.4 Å². The van der Waals surface area contributed by atoms with Crippen molar-refractivity contribution >= 4 is 17.3 Å². The van der Waals surface area contributed by atoms with Gasteiger partial charge in [-0.05, 0) is 25.1 Å². The lowest BCUT2D eigenvalue weighted by molar-refractivity contribution is -0.260. The summed E-state index contributed by atoms with van der Waals surface area (Å²) in [6.07, 6.45) is -5.08. The molecule has 0 unspecified atom stereocenters. The molecule has 0 bridgehead atoms. The second-order valence-electron chi connectivity index (χ2n) is 4.82. The van der Waals surface area contributed by atoms with Gasteiger partial charge in [-0.1, -0.05) is 11.6 Å². The Labute approximate surface area is 119 Å². The molecule has 20 heavy (non-hydrogen) atoms. The van der Waals surface area contributed by atoms with Crippen molar-refractivity contribution in [1.82, 2.24) is 0 Å². The summed E-state index contributed by atoms with van der Waals surface area (Å²) in [6.45, 7) is 1.39. The molecule has 3 nitrogen and oxygen atoms in total. The average molecular weight is 305 g/mol. The first-order chi connectivity index (χ1) is 9.20. The van der Waals surface area contributed by atoms with Gasteiger partial charge >= 0.3 is 6.18 Å². The number of hydrogen-bond acceptors (Lipinski definition) is 3. The third-order valence-corrected chi connectivity index (χ3v) is 4.10. The van der Waals surface area contributed by atoms with Crippen LogP contribution in [0.15, 0.2) is 18.2 Å². The Kier molecular flexibility index (Phi) is 3.61. The van der Waals surface area contributed by atoms with E-state index < -0.39 is 24.2 Å². The Bertz CT molecular complexity index is 570. The van der Waals surface area contributed by atoms with Crippen molar-refractivity contribution in [1.29, 1.82) is 5.26 Å². The highest BCUT2D eigenvalue weighted by Crippen LogP contribution is 2.43. The zero-order valence-corrected chi connectivity index (χ0v) is 11.3. The minimum absolute atomic E-state index is 0.0689. The van der Waals surface area contributed by atoms with Gasteiger partial charge in [0.15, 0.2) is 5.60 Å². The maximum absolute atomic E-state index is 12.9. The minimum Gasteiger partial charge on any atom is -0.379 e. The summed E-state index contributed by atoms with van der Waals surface area (Å²) in [6, 6.07) is 5.19. The topological polar surface area (TPSA) is 47.3 Å². The van der Waals surface area contributed by atoms with Crippen LogP contribution in [0.3, 0.4) is 0 Å². The van der Waals surface area contributed by atoms with Crippen LogP contribution in [0, 0.1) is 11.3 Å². The largest absolute Gasteiger partial charge is 0.419 e. The Morgan fingerprint density at radius 1 is 1.50 bits per heavy atom. The van der Waals surface area contributed by atoms with Crippen LogP contribution in [-0.2, 0) is 0 Å². The average Bonchev–Trinajstić information content (AvgIpc) is 2.67. The van der Waals surface area contributed by atoms with Crippen LogP contribution in [0.4, 0.5) is 18.9 Å². The smallest absolute Gasteiger partial charge is 0.379 e. The van der Waals surface area contributed by atoms with Crippen LogP contribution >= 0.6 is 11.6 Å². The van der Waals surface area contributed by atoms with E-state index in [1.54, 1.807) is 0 Å². The number of halogens is 4. The Hall–Kier alpha value is -1.45. The second-order valence-corrected chi connectivity index (χ2v) is 5.22. The molecule has 1 aromatic rings. The predicted octanol–water partition coefficient (Wildman–Crippen LogP) is 3.10. The number of anilines is 1. The number of nitrogens with zero attached hydrogens (tertiary/aromatic N) is 2. The van der Waals surface area contributed by atoms with Crippen LogP contribution in [-0.4, -0.2) is 29.5 Å². The Morgan fingerprint density at radius 3 is 2.60 bits per heavy atom. The number of rotatable bonds is 1. The minimum atomic E-state index is -4.68. The second kappa shape index (κ2) is 4.83. The first-order valence-electron chi connectivity index (χ1n) is 5.96. The monoisotopic (exact) mass is 304 g/mol. The van der Waals surface area contributed by atoms with Gasteiger partial charge in [0.25, 0.3) is 0 Å². The lowest BCUT2D eigenvalue weighted by atomic mass is 9.95. The van der Waals surface area contributed by atoms with Crippen molar-refractivity contribution in [2.24, 2.45) is 0 Å². The van der Waals surface area contributed by atoms with Crippen molar-refractivity contribution in [3.8, 4) is 6.07 Å². The number of hydrogen-bond donors (Lipinski definition) is 1. The van der Waals surface area contributed by atoms with E-state index in [2.05, 4.69) is 0 Å².